The second-order valence-corrected chi connectivity index (χ2v) is 6.41. The van der Waals surface area contributed by atoms with Crippen molar-refractivity contribution in [1.29, 1.82) is 0 Å². The Hall–Kier alpha value is -2.01. The number of aromatic amines is 1. The first kappa shape index (κ1) is 13.9. The summed E-state index contributed by atoms with van der Waals surface area (Å²) in [4.78, 5) is 35.7. The molecule has 1 aromatic rings. The molecule has 0 aliphatic carbocycles. The van der Waals surface area contributed by atoms with Gasteiger partial charge in [0.1, 0.15) is 22.1 Å². The molecular formula is C10H9N5O4S2. The van der Waals surface area contributed by atoms with Crippen molar-refractivity contribution in [3.8, 4) is 0 Å². The third-order valence-corrected chi connectivity index (χ3v) is 5.47. The Balaban J connectivity index is 1.90. The van der Waals surface area contributed by atoms with E-state index in [1.54, 1.807) is 0 Å². The van der Waals surface area contributed by atoms with E-state index in [1.807, 2.05) is 0 Å². The van der Waals surface area contributed by atoms with Crippen LogP contribution in [0.2, 0.25) is 0 Å². The van der Waals surface area contributed by atoms with Gasteiger partial charge in [-0.2, -0.15) is 0 Å². The first-order valence-corrected chi connectivity index (χ1v) is 7.64. The number of carbonyl (C=O) groups excluding carboxylic acids is 2. The Morgan fingerprint density at radius 3 is 3.10 bits per heavy atom. The maximum absolute atomic E-state index is 12.0. The van der Waals surface area contributed by atoms with Crippen molar-refractivity contribution in [3.63, 3.8) is 0 Å². The summed E-state index contributed by atoms with van der Waals surface area (Å²) < 4.78 is 0. The molecule has 0 bridgehead atoms. The lowest BCUT2D eigenvalue weighted by Crippen LogP contribution is -2.69. The normalized spacial score (nSPS) is 24.4. The van der Waals surface area contributed by atoms with Crippen LogP contribution in [-0.4, -0.2) is 60.9 Å². The van der Waals surface area contributed by atoms with Crippen LogP contribution in [0.15, 0.2) is 21.8 Å². The van der Waals surface area contributed by atoms with Gasteiger partial charge < -0.3 is 10.4 Å². The summed E-state index contributed by atoms with van der Waals surface area (Å²) in [6.45, 7) is 0. The fraction of sp³-hybridized carbons (Fsp3) is 0.300. The highest BCUT2D eigenvalue weighted by Gasteiger charge is 2.53. The van der Waals surface area contributed by atoms with E-state index in [-0.39, 0.29) is 11.1 Å². The number of hydrogen-bond donors (Lipinski definition) is 3. The molecule has 0 spiro atoms. The Kier molecular flexibility index (Phi) is 3.59. The summed E-state index contributed by atoms with van der Waals surface area (Å²) in [5.74, 6) is -1.16. The average Bonchev–Trinajstić information content (AvgIpc) is 2.97. The van der Waals surface area contributed by atoms with Crippen LogP contribution in [0.1, 0.15) is 0 Å². The van der Waals surface area contributed by atoms with Crippen LogP contribution in [0.3, 0.4) is 0 Å². The number of nitrogens with zero attached hydrogens (tertiary/aromatic N) is 3. The Morgan fingerprint density at radius 2 is 2.48 bits per heavy atom. The lowest BCUT2D eigenvalue weighted by Gasteiger charge is -2.48. The summed E-state index contributed by atoms with van der Waals surface area (Å²) in [7, 11) is 0. The molecular weight excluding hydrogens is 318 g/mol. The van der Waals surface area contributed by atoms with Gasteiger partial charge in [0.15, 0.2) is 0 Å². The summed E-state index contributed by atoms with van der Waals surface area (Å²) in [5.41, 5.74) is -0.0488. The number of rotatable bonds is 5. The Bertz CT molecular complexity index is 631. The van der Waals surface area contributed by atoms with Gasteiger partial charge in [0.25, 0.3) is 5.91 Å². The van der Waals surface area contributed by atoms with Gasteiger partial charge >= 0.3 is 5.97 Å². The molecule has 0 aromatic carbocycles. The number of amides is 2. The molecule has 3 heterocycles. The fourth-order valence-electron chi connectivity index (χ4n) is 2.13. The molecule has 2 atom stereocenters. The van der Waals surface area contributed by atoms with Crippen molar-refractivity contribution in [2.75, 3.05) is 5.75 Å². The van der Waals surface area contributed by atoms with Gasteiger partial charge in [-0.05, 0) is 0 Å². The Labute approximate surface area is 126 Å². The van der Waals surface area contributed by atoms with E-state index in [2.05, 4.69) is 20.7 Å². The van der Waals surface area contributed by atoms with E-state index in [1.165, 1.54) is 34.6 Å². The smallest absolute Gasteiger partial charge is 0.353 e. The number of nitrogens with one attached hydrogen (secondary N) is 2. The molecule has 2 amide bonds. The zero-order chi connectivity index (χ0) is 15.0. The van der Waals surface area contributed by atoms with Crippen molar-refractivity contribution >= 4 is 41.8 Å². The minimum atomic E-state index is -1.17. The minimum Gasteiger partial charge on any atom is -0.477 e. The number of thioether (sulfide) groups is 2. The molecule has 110 valence electrons. The van der Waals surface area contributed by atoms with Crippen LogP contribution in [0.25, 0.3) is 0 Å². The molecule has 3 rings (SSSR count). The van der Waals surface area contributed by atoms with Crippen LogP contribution in [0.4, 0.5) is 0 Å². The lowest BCUT2D eigenvalue weighted by molar-refractivity contribution is -0.149. The van der Waals surface area contributed by atoms with Crippen molar-refractivity contribution in [2.24, 2.45) is 0 Å². The number of aliphatic carboxylic acids is 1. The fourth-order valence-corrected chi connectivity index (χ4v) is 4.51. The number of fused-ring (bicyclic) bond motifs is 1. The van der Waals surface area contributed by atoms with Crippen LogP contribution in [0.5, 0.6) is 0 Å². The molecule has 1 aromatic heterocycles. The van der Waals surface area contributed by atoms with E-state index in [0.717, 1.165) is 0 Å². The van der Waals surface area contributed by atoms with Gasteiger partial charge in [-0.3, -0.25) is 19.6 Å². The predicted octanol–water partition coefficient (Wildman–Crippen LogP) is -0.777. The van der Waals surface area contributed by atoms with Crippen LogP contribution >= 0.6 is 23.5 Å². The summed E-state index contributed by atoms with van der Waals surface area (Å²) in [6, 6.07) is -0.665. The van der Waals surface area contributed by atoms with Gasteiger partial charge in [0.2, 0.25) is 6.41 Å². The largest absolute Gasteiger partial charge is 0.477 e. The molecule has 0 radical (unpaired) electrons. The highest BCUT2D eigenvalue weighted by Crippen LogP contribution is 2.44. The number of aromatic nitrogens is 3. The minimum absolute atomic E-state index is 0.0488. The highest BCUT2D eigenvalue weighted by molar-refractivity contribution is 8.06. The second-order valence-electron chi connectivity index (χ2n) is 4.17. The van der Waals surface area contributed by atoms with Crippen molar-refractivity contribution in [1.82, 2.24) is 25.6 Å². The van der Waals surface area contributed by atoms with E-state index >= 15 is 0 Å². The summed E-state index contributed by atoms with van der Waals surface area (Å²) >= 11 is 2.58. The van der Waals surface area contributed by atoms with Gasteiger partial charge in [-0.25, -0.2) is 4.79 Å². The summed E-state index contributed by atoms with van der Waals surface area (Å²) in [5, 5.41) is 21.8. The number of β-lactam (4-membered cyclic amide) rings is 1. The predicted molar refractivity (Wildman–Crippen MR) is 73.0 cm³/mol. The molecule has 0 saturated carbocycles. The first-order valence-electron chi connectivity index (χ1n) is 5.78. The zero-order valence-electron chi connectivity index (χ0n) is 10.3. The number of H-pyrrole nitrogens is 1. The lowest BCUT2D eigenvalue weighted by atomic mass is 10.1. The van der Waals surface area contributed by atoms with E-state index in [0.29, 0.717) is 22.1 Å². The number of carboxylic acids is 1. The molecule has 3 N–H and O–H groups in total. The third kappa shape index (κ3) is 2.27. The molecule has 0 unspecified atom stereocenters. The van der Waals surface area contributed by atoms with E-state index in [4.69, 9.17) is 0 Å². The topological polar surface area (TPSA) is 128 Å². The zero-order valence-corrected chi connectivity index (χ0v) is 12.0. The van der Waals surface area contributed by atoms with Gasteiger partial charge in [-0.1, -0.05) is 17.0 Å². The van der Waals surface area contributed by atoms with Crippen molar-refractivity contribution < 1.29 is 19.5 Å². The molecule has 11 heteroatoms. The first-order chi connectivity index (χ1) is 10.1. The van der Waals surface area contributed by atoms with Gasteiger partial charge in [-0.15, -0.1) is 16.9 Å². The molecule has 21 heavy (non-hydrogen) atoms. The average molecular weight is 327 g/mol. The standard InChI is InChI=1S/C10H9N5O4S2/c16-3-11-6-8(17)15-7(10(18)19)4(2-20-9(6)15)21-5-1-12-14-13-5/h1,3,6,9H,2H2,(H,11,16)(H,18,19)(H,12,13,14)/t6-,9+/m1/s1. The molecule has 9 nitrogen and oxygen atoms in total. The second kappa shape index (κ2) is 5.41. The number of carboxylic acid groups (broad SMARTS) is 1. The van der Waals surface area contributed by atoms with Gasteiger partial charge in [0, 0.05) is 10.7 Å². The number of carbonyl (C=O) groups is 3. The highest BCUT2D eigenvalue weighted by atomic mass is 32.2. The van der Waals surface area contributed by atoms with Crippen LogP contribution in [0, 0.1) is 0 Å². The quantitative estimate of drug-likeness (QED) is 0.475. The SMILES string of the molecule is O=CN[C@@H]1C(=O)N2C(C(=O)O)=C(Sc3cnn[nH]3)CS[C@@H]12. The van der Waals surface area contributed by atoms with Crippen LogP contribution in [-0.2, 0) is 14.4 Å². The van der Waals surface area contributed by atoms with E-state index < -0.39 is 17.9 Å². The maximum atomic E-state index is 12.0. The van der Waals surface area contributed by atoms with E-state index in [9.17, 15) is 19.5 Å². The van der Waals surface area contributed by atoms with Crippen molar-refractivity contribution in [2.45, 2.75) is 16.4 Å². The summed E-state index contributed by atoms with van der Waals surface area (Å²) in [6.07, 6.45) is 1.92. The molecule has 2 aliphatic rings. The third-order valence-electron chi connectivity index (χ3n) is 3.01. The Morgan fingerprint density at radius 1 is 1.67 bits per heavy atom. The monoisotopic (exact) mass is 327 g/mol. The van der Waals surface area contributed by atoms with Gasteiger partial charge in [0.05, 0.1) is 6.20 Å². The molecule has 1 saturated heterocycles. The maximum Gasteiger partial charge on any atom is 0.353 e. The van der Waals surface area contributed by atoms with Crippen molar-refractivity contribution in [3.05, 3.63) is 16.8 Å². The van der Waals surface area contributed by atoms with Crippen LogP contribution < -0.4 is 5.32 Å². The molecule has 1 fully saturated rings. The number of hydrogen-bond acceptors (Lipinski definition) is 7. The molecule has 2 aliphatic heterocycles.